The third-order valence-electron chi connectivity index (χ3n) is 5.53. The number of rotatable bonds is 11. The third-order valence-corrected chi connectivity index (χ3v) is 7.12. The number of para-hydroxylation sites is 1. The van der Waals surface area contributed by atoms with Crippen molar-refractivity contribution >= 4 is 15.7 Å². The van der Waals surface area contributed by atoms with E-state index >= 15 is 0 Å². The number of amides is 1. The molecule has 0 radical (unpaired) electrons. The van der Waals surface area contributed by atoms with Crippen molar-refractivity contribution in [2.45, 2.75) is 49.0 Å². The van der Waals surface area contributed by atoms with Crippen molar-refractivity contribution in [3.8, 4) is 11.8 Å². The maximum Gasteiger partial charge on any atom is 0.407 e. The Balaban J connectivity index is 1.91. The van der Waals surface area contributed by atoms with Crippen LogP contribution < -0.4 is 15.4 Å². The van der Waals surface area contributed by atoms with E-state index in [1.54, 1.807) is 0 Å². The highest BCUT2D eigenvalue weighted by Crippen LogP contribution is 2.36. The monoisotopic (exact) mass is 549 g/mol. The standard InChI is InChI=1S/C23H21F6N3O4S/c24-16-7-5-14(6-8-16)19(23(27,28)29)31-17(20(33)32-22(13-30)9-10-22)12-37(34,35)11-15-3-1-2-4-18(15)36-21(25)26/h1-8,17,19,21,31H,9-12H2,(H,32,33)/t17?,19-/m1/s1. The molecule has 200 valence electrons. The normalized spacial score (nSPS) is 16.5. The molecule has 7 nitrogen and oxygen atoms in total. The number of alkyl halides is 5. The van der Waals surface area contributed by atoms with Crippen LogP contribution in [0, 0.1) is 17.1 Å². The molecule has 2 N–H and O–H groups in total. The zero-order valence-electron chi connectivity index (χ0n) is 18.9. The van der Waals surface area contributed by atoms with Crippen LogP contribution in [0.3, 0.4) is 0 Å². The Kier molecular flexibility index (Phi) is 8.38. The summed E-state index contributed by atoms with van der Waals surface area (Å²) in [6, 6.07) is 5.42. The minimum Gasteiger partial charge on any atom is -0.435 e. The Bertz CT molecular complexity index is 1260. The van der Waals surface area contributed by atoms with Crippen LogP contribution in [0.25, 0.3) is 0 Å². The van der Waals surface area contributed by atoms with Crippen LogP contribution in [0.4, 0.5) is 26.3 Å². The molecule has 14 heteroatoms. The summed E-state index contributed by atoms with van der Waals surface area (Å²) in [5, 5.41) is 13.5. The second-order valence-corrected chi connectivity index (χ2v) is 10.6. The second-order valence-electron chi connectivity index (χ2n) is 8.47. The van der Waals surface area contributed by atoms with Gasteiger partial charge in [-0.05, 0) is 36.6 Å². The van der Waals surface area contributed by atoms with Crippen molar-refractivity contribution in [3.05, 3.63) is 65.5 Å². The Morgan fingerprint density at radius 3 is 2.27 bits per heavy atom. The topological polar surface area (TPSA) is 108 Å². The fraction of sp³-hybridized carbons (Fsp3) is 0.391. The molecule has 0 heterocycles. The molecule has 0 aliphatic heterocycles. The van der Waals surface area contributed by atoms with Gasteiger partial charge in [0.25, 0.3) is 0 Å². The number of carbonyl (C=O) groups excluding carboxylic acids is 1. The number of ether oxygens (including phenoxy) is 1. The molecule has 3 rings (SSSR count). The van der Waals surface area contributed by atoms with Gasteiger partial charge in [-0.3, -0.25) is 10.1 Å². The Morgan fingerprint density at radius 2 is 1.73 bits per heavy atom. The molecule has 2 aromatic carbocycles. The number of hydrogen-bond acceptors (Lipinski definition) is 6. The lowest BCUT2D eigenvalue weighted by Crippen LogP contribution is -2.54. The van der Waals surface area contributed by atoms with Gasteiger partial charge in [0.1, 0.15) is 29.2 Å². The highest BCUT2D eigenvalue weighted by atomic mass is 32.2. The van der Waals surface area contributed by atoms with Gasteiger partial charge in [0.05, 0.1) is 17.6 Å². The molecule has 37 heavy (non-hydrogen) atoms. The average Bonchev–Trinajstić information content (AvgIpc) is 3.57. The minimum absolute atomic E-state index is 0.191. The van der Waals surface area contributed by atoms with Gasteiger partial charge in [-0.25, -0.2) is 12.8 Å². The smallest absolute Gasteiger partial charge is 0.407 e. The molecule has 1 amide bonds. The number of nitriles is 1. The van der Waals surface area contributed by atoms with Gasteiger partial charge < -0.3 is 10.1 Å². The van der Waals surface area contributed by atoms with E-state index in [-0.39, 0.29) is 18.4 Å². The lowest BCUT2D eigenvalue weighted by atomic mass is 10.0. The third kappa shape index (κ3) is 7.83. The van der Waals surface area contributed by atoms with Gasteiger partial charge in [-0.1, -0.05) is 30.3 Å². The summed E-state index contributed by atoms with van der Waals surface area (Å²) in [4.78, 5) is 12.9. The van der Waals surface area contributed by atoms with Gasteiger partial charge in [0.2, 0.25) is 5.91 Å². The number of nitrogens with zero attached hydrogens (tertiary/aromatic N) is 1. The molecule has 0 saturated heterocycles. The second kappa shape index (κ2) is 11.0. The fourth-order valence-corrected chi connectivity index (χ4v) is 5.12. The largest absolute Gasteiger partial charge is 0.435 e. The van der Waals surface area contributed by atoms with E-state index in [2.05, 4.69) is 10.1 Å². The molecule has 1 fully saturated rings. The van der Waals surface area contributed by atoms with E-state index in [1.807, 2.05) is 11.4 Å². The molecule has 2 atom stereocenters. The van der Waals surface area contributed by atoms with Gasteiger partial charge in [0, 0.05) is 5.56 Å². The molecule has 1 aliphatic carbocycles. The predicted molar refractivity (Wildman–Crippen MR) is 118 cm³/mol. The first-order valence-corrected chi connectivity index (χ1v) is 12.6. The number of nitrogens with one attached hydrogen (secondary N) is 2. The average molecular weight is 549 g/mol. The summed E-state index contributed by atoms with van der Waals surface area (Å²) in [6.45, 7) is -3.26. The summed E-state index contributed by atoms with van der Waals surface area (Å²) < 4.78 is 111. The van der Waals surface area contributed by atoms with Gasteiger partial charge in [-0.15, -0.1) is 0 Å². The minimum atomic E-state index is -5.02. The number of carbonyl (C=O) groups is 1. The van der Waals surface area contributed by atoms with Crippen LogP contribution in [0.5, 0.6) is 5.75 Å². The van der Waals surface area contributed by atoms with Crippen molar-refractivity contribution in [2.24, 2.45) is 0 Å². The lowest BCUT2D eigenvalue weighted by molar-refractivity contribution is -0.160. The summed E-state index contributed by atoms with van der Waals surface area (Å²) in [6.07, 6.45) is -4.56. The molecular weight excluding hydrogens is 528 g/mol. The van der Waals surface area contributed by atoms with E-state index in [1.165, 1.54) is 18.2 Å². The maximum atomic E-state index is 13.9. The number of hydrogen-bond donors (Lipinski definition) is 2. The first-order chi connectivity index (χ1) is 17.2. The lowest BCUT2D eigenvalue weighted by Gasteiger charge is -2.28. The van der Waals surface area contributed by atoms with Crippen molar-refractivity contribution in [3.63, 3.8) is 0 Å². The van der Waals surface area contributed by atoms with Crippen LogP contribution in [0.1, 0.15) is 30.0 Å². The highest BCUT2D eigenvalue weighted by molar-refractivity contribution is 7.90. The Morgan fingerprint density at radius 1 is 1.11 bits per heavy atom. The van der Waals surface area contributed by atoms with Gasteiger partial charge in [0.15, 0.2) is 9.84 Å². The predicted octanol–water partition coefficient (Wildman–Crippen LogP) is 3.78. The van der Waals surface area contributed by atoms with Crippen molar-refractivity contribution in [1.29, 1.82) is 5.26 Å². The first-order valence-electron chi connectivity index (χ1n) is 10.8. The van der Waals surface area contributed by atoms with Crippen molar-refractivity contribution < 1.29 is 44.3 Å². The van der Waals surface area contributed by atoms with Crippen molar-refractivity contribution in [1.82, 2.24) is 10.6 Å². The Hall–Kier alpha value is -3.31. The van der Waals surface area contributed by atoms with E-state index < -0.39 is 74.8 Å². The van der Waals surface area contributed by atoms with Crippen LogP contribution in [0.2, 0.25) is 0 Å². The van der Waals surface area contributed by atoms with Crippen molar-refractivity contribution in [2.75, 3.05) is 5.75 Å². The molecule has 1 aliphatic rings. The highest BCUT2D eigenvalue weighted by Gasteiger charge is 2.48. The van der Waals surface area contributed by atoms with E-state index in [0.29, 0.717) is 0 Å². The molecule has 0 spiro atoms. The molecular formula is C23H21F6N3O4S. The molecule has 2 aromatic rings. The van der Waals surface area contributed by atoms with Gasteiger partial charge in [-0.2, -0.15) is 27.2 Å². The van der Waals surface area contributed by atoms with E-state index in [9.17, 15) is 44.8 Å². The molecule has 0 bridgehead atoms. The van der Waals surface area contributed by atoms with E-state index in [0.717, 1.165) is 30.3 Å². The maximum absolute atomic E-state index is 13.9. The van der Waals surface area contributed by atoms with Crippen LogP contribution in [-0.4, -0.2) is 44.4 Å². The van der Waals surface area contributed by atoms with Gasteiger partial charge >= 0.3 is 12.8 Å². The SMILES string of the molecule is N#CC1(NC(=O)C(CS(=O)(=O)Cc2ccccc2OC(F)F)N[C@H](c2ccc(F)cc2)C(F)(F)F)CC1. The zero-order chi connectivity index (χ0) is 27.4. The molecule has 0 aromatic heterocycles. The van der Waals surface area contributed by atoms with E-state index in [4.69, 9.17) is 0 Å². The quantitative estimate of drug-likeness (QED) is 0.413. The first kappa shape index (κ1) is 28.3. The summed E-state index contributed by atoms with van der Waals surface area (Å²) in [5.41, 5.74) is -1.99. The molecule has 1 unspecified atom stereocenters. The van der Waals surface area contributed by atoms with Crippen LogP contribution >= 0.6 is 0 Å². The number of benzene rings is 2. The summed E-state index contributed by atoms with van der Waals surface area (Å²) in [7, 11) is -4.42. The summed E-state index contributed by atoms with van der Waals surface area (Å²) in [5.74, 6) is -4.52. The number of sulfone groups is 1. The Labute approximate surface area is 208 Å². The summed E-state index contributed by atoms with van der Waals surface area (Å²) >= 11 is 0. The molecule has 1 saturated carbocycles. The zero-order valence-corrected chi connectivity index (χ0v) is 19.8. The van der Waals surface area contributed by atoms with Crippen LogP contribution in [0.15, 0.2) is 48.5 Å². The number of halogens is 6. The fourth-order valence-electron chi connectivity index (χ4n) is 3.53. The van der Waals surface area contributed by atoms with Crippen LogP contribution in [-0.2, 0) is 20.4 Å².